The van der Waals surface area contributed by atoms with Gasteiger partial charge >= 0.3 is 0 Å². The molecule has 1 fully saturated rings. The maximum absolute atomic E-state index is 12.1. The predicted molar refractivity (Wildman–Crippen MR) is 90.6 cm³/mol. The number of hydrogen-bond acceptors (Lipinski definition) is 4. The van der Waals surface area contributed by atoms with Gasteiger partial charge in [0.2, 0.25) is 5.91 Å². The second-order valence-corrected chi connectivity index (χ2v) is 5.93. The van der Waals surface area contributed by atoms with Crippen LogP contribution in [0.1, 0.15) is 19.3 Å². The van der Waals surface area contributed by atoms with Crippen molar-refractivity contribution in [3.05, 3.63) is 30.3 Å². The molecule has 0 unspecified atom stereocenters. The van der Waals surface area contributed by atoms with E-state index in [1.165, 1.54) is 6.42 Å². The van der Waals surface area contributed by atoms with Crippen LogP contribution in [0.3, 0.4) is 0 Å². The summed E-state index contributed by atoms with van der Waals surface area (Å²) >= 11 is 0. The van der Waals surface area contributed by atoms with Gasteiger partial charge in [0.1, 0.15) is 19.0 Å². The Morgan fingerprint density at radius 3 is 2.65 bits per heavy atom. The fourth-order valence-electron chi connectivity index (χ4n) is 2.81. The van der Waals surface area contributed by atoms with Gasteiger partial charge in [0.25, 0.3) is 0 Å². The Morgan fingerprint density at radius 1 is 1.22 bits per heavy atom. The topological polar surface area (TPSA) is 50.8 Å². The third-order valence-electron chi connectivity index (χ3n) is 4.23. The number of rotatable bonds is 9. The summed E-state index contributed by atoms with van der Waals surface area (Å²) in [5.74, 6) is 1.66. The van der Waals surface area contributed by atoms with Gasteiger partial charge in [-0.2, -0.15) is 0 Å². The van der Waals surface area contributed by atoms with Gasteiger partial charge in [0.05, 0.1) is 6.61 Å². The summed E-state index contributed by atoms with van der Waals surface area (Å²) in [7, 11) is 1.98. The molecule has 1 aliphatic rings. The van der Waals surface area contributed by atoms with Crippen LogP contribution in [0, 0.1) is 5.92 Å². The third kappa shape index (κ3) is 6.59. The molecule has 0 saturated carbocycles. The van der Waals surface area contributed by atoms with E-state index in [0.717, 1.165) is 44.1 Å². The normalized spacial score (nSPS) is 15.6. The fourth-order valence-corrected chi connectivity index (χ4v) is 2.81. The Labute approximate surface area is 139 Å². The van der Waals surface area contributed by atoms with E-state index in [9.17, 15) is 4.79 Å². The molecule has 0 atom stereocenters. The molecule has 0 aliphatic carbocycles. The molecule has 5 heteroatoms. The quantitative estimate of drug-likeness (QED) is 0.707. The van der Waals surface area contributed by atoms with Crippen molar-refractivity contribution in [3.63, 3.8) is 0 Å². The lowest BCUT2D eigenvalue weighted by molar-refractivity contribution is -0.137. The number of carbonyl (C=O) groups is 1. The minimum atomic E-state index is 0.0942. The monoisotopic (exact) mass is 320 g/mol. The highest BCUT2D eigenvalue weighted by Crippen LogP contribution is 2.20. The molecule has 1 saturated heterocycles. The van der Waals surface area contributed by atoms with Gasteiger partial charge in [-0.15, -0.1) is 0 Å². The highest BCUT2D eigenvalue weighted by molar-refractivity contribution is 5.77. The first-order valence-electron chi connectivity index (χ1n) is 8.47. The van der Waals surface area contributed by atoms with E-state index in [-0.39, 0.29) is 12.5 Å². The lowest BCUT2D eigenvalue weighted by Crippen LogP contribution is -2.41. The van der Waals surface area contributed by atoms with Crippen LogP contribution in [0.15, 0.2) is 30.3 Å². The first-order chi connectivity index (χ1) is 11.3. The fraction of sp³-hybridized carbons (Fsp3) is 0.611. The zero-order chi connectivity index (χ0) is 16.3. The van der Waals surface area contributed by atoms with Gasteiger partial charge in [-0.25, -0.2) is 0 Å². The molecule has 0 bridgehead atoms. The van der Waals surface area contributed by atoms with Crippen LogP contribution in [0.5, 0.6) is 5.75 Å². The van der Waals surface area contributed by atoms with Crippen LogP contribution >= 0.6 is 0 Å². The summed E-state index contributed by atoms with van der Waals surface area (Å²) in [5, 5.41) is 3.19. The molecule has 0 radical (unpaired) electrons. The Kier molecular flexibility index (Phi) is 7.90. The van der Waals surface area contributed by atoms with Crippen LogP contribution < -0.4 is 10.1 Å². The minimum Gasteiger partial charge on any atom is -0.491 e. The second kappa shape index (κ2) is 10.2. The molecule has 1 aliphatic heterocycles. The van der Waals surface area contributed by atoms with Crippen LogP contribution in [0.4, 0.5) is 0 Å². The maximum Gasteiger partial charge on any atom is 0.248 e. The predicted octanol–water partition coefficient (Wildman–Crippen LogP) is 1.93. The number of ether oxygens (including phenoxy) is 2. The number of nitrogens with one attached hydrogen (secondary N) is 1. The van der Waals surface area contributed by atoms with E-state index < -0.39 is 0 Å². The molecule has 0 aromatic heterocycles. The van der Waals surface area contributed by atoms with E-state index in [1.54, 1.807) is 0 Å². The van der Waals surface area contributed by atoms with E-state index in [0.29, 0.717) is 13.2 Å². The Bertz CT molecular complexity index is 445. The average Bonchev–Trinajstić information content (AvgIpc) is 2.61. The summed E-state index contributed by atoms with van der Waals surface area (Å²) in [6.07, 6.45) is 3.40. The van der Waals surface area contributed by atoms with Crippen molar-refractivity contribution >= 4 is 5.91 Å². The van der Waals surface area contributed by atoms with Crippen molar-refractivity contribution in [1.29, 1.82) is 0 Å². The summed E-state index contributed by atoms with van der Waals surface area (Å²) < 4.78 is 11.0. The third-order valence-corrected chi connectivity index (χ3v) is 4.23. The SMILES string of the molecule is CNCCC1CCN(C(=O)COCCOc2ccccc2)CC1. The van der Waals surface area contributed by atoms with Gasteiger partial charge < -0.3 is 19.7 Å². The van der Waals surface area contributed by atoms with E-state index in [4.69, 9.17) is 9.47 Å². The zero-order valence-corrected chi connectivity index (χ0v) is 14.0. The largest absolute Gasteiger partial charge is 0.491 e. The van der Waals surface area contributed by atoms with E-state index in [1.807, 2.05) is 42.3 Å². The standard InChI is InChI=1S/C18H28N2O3/c1-19-10-7-16-8-11-20(12-9-16)18(21)15-22-13-14-23-17-5-3-2-4-6-17/h2-6,16,19H,7-15H2,1H3. The van der Waals surface area contributed by atoms with Crippen molar-refractivity contribution in [2.45, 2.75) is 19.3 Å². The number of hydrogen-bond donors (Lipinski definition) is 1. The summed E-state index contributed by atoms with van der Waals surface area (Å²) in [6, 6.07) is 9.62. The molecule has 5 nitrogen and oxygen atoms in total. The number of carbonyl (C=O) groups excluding carboxylic acids is 1. The van der Waals surface area contributed by atoms with Gasteiger partial charge in [-0.1, -0.05) is 18.2 Å². The highest BCUT2D eigenvalue weighted by atomic mass is 16.5. The summed E-state index contributed by atoms with van der Waals surface area (Å²) in [4.78, 5) is 14.0. The molecule has 1 amide bonds. The minimum absolute atomic E-state index is 0.0942. The van der Waals surface area contributed by atoms with Gasteiger partial charge in [0.15, 0.2) is 0 Å². The lowest BCUT2D eigenvalue weighted by Gasteiger charge is -2.32. The Morgan fingerprint density at radius 2 is 1.96 bits per heavy atom. The van der Waals surface area contributed by atoms with Crippen molar-refractivity contribution in [1.82, 2.24) is 10.2 Å². The van der Waals surface area contributed by atoms with Crippen LogP contribution in [-0.4, -0.2) is 57.3 Å². The molecular weight excluding hydrogens is 292 g/mol. The van der Waals surface area contributed by atoms with Crippen molar-refractivity contribution in [2.75, 3.05) is 46.5 Å². The second-order valence-electron chi connectivity index (χ2n) is 5.93. The molecule has 1 heterocycles. The van der Waals surface area contributed by atoms with E-state index >= 15 is 0 Å². The number of piperidine rings is 1. The number of amides is 1. The van der Waals surface area contributed by atoms with Gasteiger partial charge in [-0.3, -0.25) is 4.79 Å². The smallest absolute Gasteiger partial charge is 0.248 e. The summed E-state index contributed by atoms with van der Waals surface area (Å²) in [5.41, 5.74) is 0. The number of likely N-dealkylation sites (tertiary alicyclic amines) is 1. The first kappa shape index (κ1) is 17.8. The van der Waals surface area contributed by atoms with Crippen molar-refractivity contribution in [2.24, 2.45) is 5.92 Å². The first-order valence-corrected chi connectivity index (χ1v) is 8.47. The van der Waals surface area contributed by atoms with Gasteiger partial charge in [0, 0.05) is 13.1 Å². The molecule has 1 aromatic carbocycles. The molecule has 128 valence electrons. The molecule has 1 N–H and O–H groups in total. The van der Waals surface area contributed by atoms with Crippen molar-refractivity contribution in [3.8, 4) is 5.75 Å². The number of para-hydroxylation sites is 1. The highest BCUT2D eigenvalue weighted by Gasteiger charge is 2.22. The van der Waals surface area contributed by atoms with E-state index in [2.05, 4.69) is 5.32 Å². The van der Waals surface area contributed by atoms with Crippen LogP contribution in [0.2, 0.25) is 0 Å². The number of benzene rings is 1. The van der Waals surface area contributed by atoms with Crippen molar-refractivity contribution < 1.29 is 14.3 Å². The number of nitrogens with zero attached hydrogens (tertiary/aromatic N) is 1. The molecule has 23 heavy (non-hydrogen) atoms. The maximum atomic E-state index is 12.1. The zero-order valence-electron chi connectivity index (χ0n) is 14.0. The van der Waals surface area contributed by atoms with Crippen LogP contribution in [0.25, 0.3) is 0 Å². The molecule has 0 spiro atoms. The Hall–Kier alpha value is -1.59. The summed E-state index contributed by atoms with van der Waals surface area (Å²) in [6.45, 7) is 3.82. The molecule has 1 aromatic rings. The Balaban J connectivity index is 1.53. The lowest BCUT2D eigenvalue weighted by atomic mass is 9.93. The molecule has 2 rings (SSSR count). The van der Waals surface area contributed by atoms with Crippen LogP contribution in [-0.2, 0) is 9.53 Å². The average molecular weight is 320 g/mol. The molecular formula is C18H28N2O3. The van der Waals surface area contributed by atoms with Gasteiger partial charge in [-0.05, 0) is 50.9 Å².